The predicted octanol–water partition coefficient (Wildman–Crippen LogP) is 3.88. The SMILES string of the molecule is O=C(COc1ccccc1Cl)Nc1nc(-c2cccnc2)cs1. The monoisotopic (exact) mass is 345 g/mol. The molecule has 116 valence electrons. The molecule has 0 saturated carbocycles. The number of pyridine rings is 1. The quantitative estimate of drug-likeness (QED) is 0.762. The van der Waals surface area contributed by atoms with Gasteiger partial charge in [-0.2, -0.15) is 0 Å². The lowest BCUT2D eigenvalue weighted by molar-refractivity contribution is -0.118. The second-order valence-corrected chi connectivity index (χ2v) is 5.81. The number of carbonyl (C=O) groups is 1. The highest BCUT2D eigenvalue weighted by molar-refractivity contribution is 7.14. The molecule has 2 heterocycles. The van der Waals surface area contributed by atoms with E-state index in [4.69, 9.17) is 16.3 Å². The smallest absolute Gasteiger partial charge is 0.264 e. The zero-order valence-electron chi connectivity index (χ0n) is 11.9. The molecule has 1 amide bonds. The number of amides is 1. The van der Waals surface area contributed by atoms with E-state index >= 15 is 0 Å². The highest BCUT2D eigenvalue weighted by Crippen LogP contribution is 2.25. The third-order valence-electron chi connectivity index (χ3n) is 2.90. The van der Waals surface area contributed by atoms with Crippen LogP contribution in [0.1, 0.15) is 0 Å². The van der Waals surface area contributed by atoms with Crippen LogP contribution in [0, 0.1) is 0 Å². The predicted molar refractivity (Wildman–Crippen MR) is 90.9 cm³/mol. The Bertz CT molecular complexity index is 808. The van der Waals surface area contributed by atoms with Gasteiger partial charge in [0.1, 0.15) is 5.75 Å². The van der Waals surface area contributed by atoms with Crippen molar-refractivity contribution in [3.05, 3.63) is 59.2 Å². The van der Waals surface area contributed by atoms with Crippen LogP contribution in [0.4, 0.5) is 5.13 Å². The van der Waals surface area contributed by atoms with Gasteiger partial charge in [-0.1, -0.05) is 23.7 Å². The van der Waals surface area contributed by atoms with E-state index < -0.39 is 0 Å². The molecule has 1 aromatic carbocycles. The van der Waals surface area contributed by atoms with E-state index in [1.165, 1.54) is 11.3 Å². The van der Waals surface area contributed by atoms with Gasteiger partial charge in [-0.25, -0.2) is 4.98 Å². The summed E-state index contributed by atoms with van der Waals surface area (Å²) < 4.78 is 5.39. The summed E-state index contributed by atoms with van der Waals surface area (Å²) in [5.41, 5.74) is 1.67. The fraction of sp³-hybridized carbons (Fsp3) is 0.0625. The van der Waals surface area contributed by atoms with E-state index in [2.05, 4.69) is 15.3 Å². The molecule has 1 N–H and O–H groups in total. The number of hydrogen-bond acceptors (Lipinski definition) is 5. The summed E-state index contributed by atoms with van der Waals surface area (Å²) in [4.78, 5) is 20.3. The van der Waals surface area contributed by atoms with Crippen molar-refractivity contribution in [3.63, 3.8) is 0 Å². The molecule has 0 radical (unpaired) electrons. The zero-order chi connectivity index (χ0) is 16.1. The van der Waals surface area contributed by atoms with E-state index in [-0.39, 0.29) is 12.5 Å². The molecule has 0 fully saturated rings. The molecule has 0 aliphatic rings. The summed E-state index contributed by atoms with van der Waals surface area (Å²) in [5, 5.41) is 5.54. The standard InChI is InChI=1S/C16H12ClN3O2S/c17-12-5-1-2-6-14(12)22-9-15(21)20-16-19-13(10-23-16)11-4-3-7-18-8-11/h1-8,10H,9H2,(H,19,20,21). The minimum atomic E-state index is -0.294. The van der Waals surface area contributed by atoms with Crippen molar-refractivity contribution < 1.29 is 9.53 Å². The van der Waals surface area contributed by atoms with Crippen molar-refractivity contribution in [2.75, 3.05) is 11.9 Å². The largest absolute Gasteiger partial charge is 0.482 e. The fourth-order valence-corrected chi connectivity index (χ4v) is 2.76. The molecule has 2 aromatic heterocycles. The lowest BCUT2D eigenvalue weighted by Crippen LogP contribution is -2.20. The van der Waals surface area contributed by atoms with Crippen molar-refractivity contribution in [2.24, 2.45) is 0 Å². The molecular formula is C16H12ClN3O2S. The Morgan fingerprint density at radius 3 is 2.91 bits per heavy atom. The molecule has 5 nitrogen and oxygen atoms in total. The highest BCUT2D eigenvalue weighted by atomic mass is 35.5. The Morgan fingerprint density at radius 2 is 2.13 bits per heavy atom. The average molecular weight is 346 g/mol. The number of nitrogens with zero attached hydrogens (tertiary/aromatic N) is 2. The van der Waals surface area contributed by atoms with Gasteiger partial charge >= 0.3 is 0 Å². The van der Waals surface area contributed by atoms with Crippen LogP contribution in [-0.2, 0) is 4.79 Å². The van der Waals surface area contributed by atoms with Gasteiger partial charge < -0.3 is 4.74 Å². The van der Waals surface area contributed by atoms with Gasteiger partial charge in [0, 0.05) is 23.3 Å². The molecular weight excluding hydrogens is 334 g/mol. The van der Waals surface area contributed by atoms with E-state index in [0.717, 1.165) is 11.3 Å². The topological polar surface area (TPSA) is 64.1 Å². The summed E-state index contributed by atoms with van der Waals surface area (Å²) in [5.74, 6) is 0.177. The van der Waals surface area contributed by atoms with Gasteiger partial charge in [-0.3, -0.25) is 15.1 Å². The van der Waals surface area contributed by atoms with Crippen LogP contribution in [-0.4, -0.2) is 22.5 Å². The van der Waals surface area contributed by atoms with Gasteiger partial charge in [-0.15, -0.1) is 11.3 Å². The Hall–Kier alpha value is -2.44. The number of carbonyl (C=O) groups excluding carboxylic acids is 1. The maximum absolute atomic E-state index is 11.9. The molecule has 0 aliphatic carbocycles. The first-order valence-electron chi connectivity index (χ1n) is 6.75. The van der Waals surface area contributed by atoms with Crippen LogP contribution < -0.4 is 10.1 Å². The van der Waals surface area contributed by atoms with Gasteiger partial charge in [0.25, 0.3) is 5.91 Å². The average Bonchev–Trinajstić information content (AvgIpc) is 3.03. The van der Waals surface area contributed by atoms with Crippen molar-refractivity contribution in [2.45, 2.75) is 0 Å². The summed E-state index contributed by atoms with van der Waals surface area (Å²) in [7, 11) is 0. The third-order valence-corrected chi connectivity index (χ3v) is 3.97. The molecule has 0 spiro atoms. The summed E-state index contributed by atoms with van der Waals surface area (Å²) in [6, 6.07) is 10.7. The lowest BCUT2D eigenvalue weighted by atomic mass is 10.2. The number of para-hydroxylation sites is 1. The first-order chi connectivity index (χ1) is 11.2. The second-order valence-electron chi connectivity index (χ2n) is 4.55. The Kier molecular flexibility index (Phi) is 4.85. The molecule has 0 saturated heterocycles. The Balaban J connectivity index is 1.58. The summed E-state index contributed by atoms with van der Waals surface area (Å²) >= 11 is 7.31. The van der Waals surface area contributed by atoms with Crippen LogP contribution in [0.15, 0.2) is 54.2 Å². The van der Waals surface area contributed by atoms with Crippen LogP contribution in [0.5, 0.6) is 5.75 Å². The van der Waals surface area contributed by atoms with E-state index in [0.29, 0.717) is 15.9 Å². The number of nitrogens with one attached hydrogen (secondary N) is 1. The van der Waals surface area contributed by atoms with Gasteiger partial charge in [0.2, 0.25) is 0 Å². The number of rotatable bonds is 5. The van der Waals surface area contributed by atoms with Crippen LogP contribution >= 0.6 is 22.9 Å². The summed E-state index contributed by atoms with van der Waals surface area (Å²) in [6.45, 7) is -0.133. The second kappa shape index (κ2) is 7.21. The molecule has 3 rings (SSSR count). The number of benzene rings is 1. The molecule has 0 atom stereocenters. The Labute approximate surface area is 141 Å². The first kappa shape index (κ1) is 15.5. The summed E-state index contributed by atoms with van der Waals surface area (Å²) in [6.07, 6.45) is 3.42. The molecule has 7 heteroatoms. The Morgan fingerprint density at radius 1 is 1.26 bits per heavy atom. The van der Waals surface area contributed by atoms with Crippen LogP contribution in [0.25, 0.3) is 11.3 Å². The van der Waals surface area contributed by atoms with Crippen molar-refractivity contribution >= 4 is 34.0 Å². The van der Waals surface area contributed by atoms with Crippen LogP contribution in [0.3, 0.4) is 0 Å². The zero-order valence-corrected chi connectivity index (χ0v) is 13.5. The van der Waals surface area contributed by atoms with Crippen molar-refractivity contribution in [1.82, 2.24) is 9.97 Å². The number of hydrogen-bond donors (Lipinski definition) is 1. The molecule has 3 aromatic rings. The molecule has 23 heavy (non-hydrogen) atoms. The lowest BCUT2D eigenvalue weighted by Gasteiger charge is -2.07. The maximum atomic E-state index is 11.9. The fourth-order valence-electron chi connectivity index (χ4n) is 1.84. The van der Waals surface area contributed by atoms with Gasteiger partial charge in [0.05, 0.1) is 10.7 Å². The first-order valence-corrected chi connectivity index (χ1v) is 8.01. The molecule has 0 bridgehead atoms. The van der Waals surface area contributed by atoms with Gasteiger partial charge in [0.15, 0.2) is 11.7 Å². The van der Waals surface area contributed by atoms with E-state index in [1.807, 2.05) is 17.5 Å². The number of aromatic nitrogens is 2. The third kappa shape index (κ3) is 4.06. The maximum Gasteiger partial charge on any atom is 0.264 e. The minimum absolute atomic E-state index is 0.133. The van der Waals surface area contributed by atoms with Gasteiger partial charge in [-0.05, 0) is 24.3 Å². The van der Waals surface area contributed by atoms with Crippen molar-refractivity contribution in [3.8, 4) is 17.0 Å². The van der Waals surface area contributed by atoms with E-state index in [9.17, 15) is 4.79 Å². The normalized spacial score (nSPS) is 10.3. The van der Waals surface area contributed by atoms with Crippen molar-refractivity contribution in [1.29, 1.82) is 0 Å². The molecule has 0 unspecified atom stereocenters. The number of ether oxygens (including phenoxy) is 1. The molecule has 0 aliphatic heterocycles. The van der Waals surface area contributed by atoms with Crippen LogP contribution in [0.2, 0.25) is 5.02 Å². The number of anilines is 1. The van der Waals surface area contributed by atoms with E-state index in [1.54, 1.807) is 36.7 Å². The number of thiazole rings is 1. The minimum Gasteiger partial charge on any atom is -0.482 e. The highest BCUT2D eigenvalue weighted by Gasteiger charge is 2.09. The number of halogens is 1.